The smallest absolute Gasteiger partial charge is 0.256 e. The summed E-state index contributed by atoms with van der Waals surface area (Å²) in [6, 6.07) is 5.75. The second kappa shape index (κ2) is 7.35. The van der Waals surface area contributed by atoms with E-state index in [-0.39, 0.29) is 12.0 Å². The van der Waals surface area contributed by atoms with Crippen molar-refractivity contribution in [3.05, 3.63) is 23.8 Å². The maximum absolute atomic E-state index is 12.8. The highest BCUT2D eigenvalue weighted by atomic mass is 16.5. The molecule has 1 N–H and O–H groups in total. The molecule has 2 rings (SSSR count). The van der Waals surface area contributed by atoms with Crippen LogP contribution < -0.4 is 10.1 Å². The lowest BCUT2D eigenvalue weighted by Gasteiger charge is -2.37. The molecule has 1 aliphatic carbocycles. The number of aryl methyl sites for hydroxylation is 1. The van der Waals surface area contributed by atoms with Crippen LogP contribution in [0.2, 0.25) is 0 Å². The molecule has 1 aromatic rings. The molecule has 2 atom stereocenters. The minimum atomic E-state index is -0.696. The quantitative estimate of drug-likeness (QED) is 0.879. The Morgan fingerprint density at radius 1 is 1.39 bits per heavy atom. The Balaban J connectivity index is 2.11. The molecule has 4 nitrogen and oxygen atoms in total. The first kappa shape index (κ1) is 17.8. The number of carbonyl (C=O) groups is 1. The molecule has 1 amide bonds. The Morgan fingerprint density at radius 3 is 2.70 bits per heavy atom. The molecule has 0 bridgehead atoms. The number of methoxy groups -OCH3 is 1. The van der Waals surface area contributed by atoms with Gasteiger partial charge in [0.1, 0.15) is 11.4 Å². The molecule has 23 heavy (non-hydrogen) atoms. The van der Waals surface area contributed by atoms with Crippen LogP contribution in [0.5, 0.6) is 5.75 Å². The number of carbonyl (C=O) groups excluding carboxylic acids is 1. The first-order valence-electron chi connectivity index (χ1n) is 8.50. The van der Waals surface area contributed by atoms with Crippen molar-refractivity contribution in [2.24, 2.45) is 5.92 Å². The van der Waals surface area contributed by atoms with Gasteiger partial charge in [0.05, 0.1) is 6.10 Å². The number of nitrogens with one attached hydrogen (secondary N) is 1. The molecular weight excluding hydrogens is 290 g/mol. The van der Waals surface area contributed by atoms with Crippen LogP contribution in [0.15, 0.2) is 18.2 Å². The summed E-state index contributed by atoms with van der Waals surface area (Å²) in [5, 5.41) is 3.03. The highest BCUT2D eigenvalue weighted by Crippen LogP contribution is 2.36. The molecule has 0 spiro atoms. The fraction of sp³-hybridized carbons (Fsp3) is 0.632. The zero-order valence-electron chi connectivity index (χ0n) is 14.9. The number of anilines is 1. The van der Waals surface area contributed by atoms with Gasteiger partial charge >= 0.3 is 0 Å². The van der Waals surface area contributed by atoms with Gasteiger partial charge in [-0.05, 0) is 69.7 Å². The van der Waals surface area contributed by atoms with Crippen molar-refractivity contribution >= 4 is 11.6 Å². The van der Waals surface area contributed by atoms with Crippen LogP contribution in [-0.2, 0) is 9.53 Å². The number of amides is 1. The van der Waals surface area contributed by atoms with Crippen molar-refractivity contribution < 1.29 is 14.3 Å². The Morgan fingerprint density at radius 2 is 2.13 bits per heavy atom. The molecule has 0 aromatic heterocycles. The van der Waals surface area contributed by atoms with Gasteiger partial charge in [-0.1, -0.05) is 13.3 Å². The number of ether oxygens (including phenoxy) is 2. The van der Waals surface area contributed by atoms with E-state index in [2.05, 4.69) is 12.2 Å². The monoisotopic (exact) mass is 319 g/mol. The maximum atomic E-state index is 12.8. The Bertz CT molecular complexity index is 556. The zero-order valence-corrected chi connectivity index (χ0v) is 14.9. The van der Waals surface area contributed by atoms with Crippen LogP contribution in [0.1, 0.15) is 52.0 Å². The fourth-order valence-corrected chi connectivity index (χ4v) is 3.35. The maximum Gasteiger partial charge on any atom is 0.256 e. The van der Waals surface area contributed by atoms with Crippen LogP contribution in [0, 0.1) is 12.8 Å². The topological polar surface area (TPSA) is 47.6 Å². The van der Waals surface area contributed by atoms with Gasteiger partial charge in [0.15, 0.2) is 0 Å². The molecular formula is C19H29NO3. The third-order valence-electron chi connectivity index (χ3n) is 4.56. The summed E-state index contributed by atoms with van der Waals surface area (Å²) in [5.41, 5.74) is 1.11. The third kappa shape index (κ3) is 4.25. The minimum Gasteiger partial charge on any atom is -0.491 e. The largest absolute Gasteiger partial charge is 0.491 e. The zero-order chi connectivity index (χ0) is 17.0. The molecule has 4 heteroatoms. The van der Waals surface area contributed by atoms with Gasteiger partial charge < -0.3 is 14.8 Å². The van der Waals surface area contributed by atoms with E-state index < -0.39 is 5.60 Å². The molecule has 0 unspecified atom stereocenters. The summed E-state index contributed by atoms with van der Waals surface area (Å²) in [4.78, 5) is 12.8. The predicted molar refractivity (Wildman–Crippen MR) is 92.9 cm³/mol. The summed E-state index contributed by atoms with van der Waals surface area (Å²) in [6.07, 6.45) is 3.90. The SMILES string of the molecule is CO[C@@]1(C(=O)Nc2ccc(OC(C)C)c(C)c2)CCC[C@H](C)C1. The Hall–Kier alpha value is -1.55. The molecule has 1 aromatic carbocycles. The number of hydrogen-bond acceptors (Lipinski definition) is 3. The van der Waals surface area contributed by atoms with Gasteiger partial charge in [0, 0.05) is 12.8 Å². The summed E-state index contributed by atoms with van der Waals surface area (Å²) < 4.78 is 11.4. The average Bonchev–Trinajstić information content (AvgIpc) is 2.49. The Labute approximate surface area is 139 Å². The van der Waals surface area contributed by atoms with Crippen molar-refractivity contribution in [3.8, 4) is 5.75 Å². The first-order valence-corrected chi connectivity index (χ1v) is 8.50. The van der Waals surface area contributed by atoms with Gasteiger partial charge in [-0.25, -0.2) is 0 Å². The van der Waals surface area contributed by atoms with Gasteiger partial charge in [-0.15, -0.1) is 0 Å². The van der Waals surface area contributed by atoms with Crippen molar-refractivity contribution in [3.63, 3.8) is 0 Å². The Kier molecular flexibility index (Phi) is 5.69. The lowest BCUT2D eigenvalue weighted by atomic mass is 9.78. The van der Waals surface area contributed by atoms with Crippen molar-refractivity contribution in [1.29, 1.82) is 0 Å². The standard InChI is InChI=1S/C19H29NO3/c1-13(2)23-17-9-8-16(11-15(17)4)20-18(21)19(22-5)10-6-7-14(3)12-19/h8-9,11,13-14H,6-7,10,12H2,1-5H3,(H,20,21)/t14-,19-/m0/s1. The molecule has 1 fully saturated rings. The van der Waals surface area contributed by atoms with Gasteiger partial charge in [0.2, 0.25) is 0 Å². The molecule has 128 valence electrons. The van der Waals surface area contributed by atoms with Crippen LogP contribution in [0.3, 0.4) is 0 Å². The highest BCUT2D eigenvalue weighted by Gasteiger charge is 2.42. The number of benzene rings is 1. The van der Waals surface area contributed by atoms with Crippen molar-refractivity contribution in [2.75, 3.05) is 12.4 Å². The molecule has 0 heterocycles. The number of rotatable bonds is 5. The lowest BCUT2D eigenvalue weighted by molar-refractivity contribution is -0.143. The van der Waals surface area contributed by atoms with Crippen LogP contribution in [0.25, 0.3) is 0 Å². The van der Waals surface area contributed by atoms with Gasteiger partial charge in [-0.3, -0.25) is 4.79 Å². The summed E-state index contributed by atoms with van der Waals surface area (Å²) in [7, 11) is 1.64. The second-order valence-corrected chi connectivity index (χ2v) is 7.00. The molecule has 0 saturated heterocycles. The van der Waals surface area contributed by atoms with E-state index >= 15 is 0 Å². The predicted octanol–water partition coefficient (Wildman–Crippen LogP) is 4.32. The van der Waals surface area contributed by atoms with Crippen LogP contribution in [-0.4, -0.2) is 24.7 Å². The van der Waals surface area contributed by atoms with E-state index in [1.165, 1.54) is 6.42 Å². The van der Waals surface area contributed by atoms with E-state index in [4.69, 9.17) is 9.47 Å². The minimum absolute atomic E-state index is 0.0384. The van der Waals surface area contributed by atoms with Crippen LogP contribution in [0.4, 0.5) is 5.69 Å². The lowest BCUT2D eigenvalue weighted by Crippen LogP contribution is -2.47. The number of hydrogen-bond donors (Lipinski definition) is 1. The summed E-state index contributed by atoms with van der Waals surface area (Å²) in [6.45, 7) is 8.17. The van der Waals surface area contributed by atoms with Crippen molar-refractivity contribution in [2.45, 2.75) is 65.1 Å². The van der Waals surface area contributed by atoms with Crippen LogP contribution >= 0.6 is 0 Å². The van der Waals surface area contributed by atoms with Crippen molar-refractivity contribution in [1.82, 2.24) is 0 Å². The molecule has 0 aliphatic heterocycles. The van der Waals surface area contributed by atoms with E-state index in [0.29, 0.717) is 5.92 Å². The third-order valence-corrected chi connectivity index (χ3v) is 4.56. The molecule has 1 aliphatic rings. The molecule has 1 saturated carbocycles. The molecule has 0 radical (unpaired) electrons. The average molecular weight is 319 g/mol. The van der Waals surface area contributed by atoms with E-state index in [1.807, 2.05) is 39.0 Å². The van der Waals surface area contributed by atoms with Gasteiger partial charge in [0.25, 0.3) is 5.91 Å². The van der Waals surface area contributed by atoms with E-state index in [9.17, 15) is 4.79 Å². The summed E-state index contributed by atoms with van der Waals surface area (Å²) in [5.74, 6) is 1.33. The second-order valence-electron chi connectivity index (χ2n) is 7.00. The van der Waals surface area contributed by atoms with Gasteiger partial charge in [-0.2, -0.15) is 0 Å². The first-order chi connectivity index (χ1) is 10.9. The summed E-state index contributed by atoms with van der Waals surface area (Å²) >= 11 is 0. The normalized spacial score (nSPS) is 24.5. The van der Waals surface area contributed by atoms with E-state index in [0.717, 1.165) is 36.3 Å². The van der Waals surface area contributed by atoms with E-state index in [1.54, 1.807) is 7.11 Å². The fourth-order valence-electron chi connectivity index (χ4n) is 3.35. The highest BCUT2D eigenvalue weighted by molar-refractivity contribution is 5.97.